The van der Waals surface area contributed by atoms with Gasteiger partial charge in [-0.25, -0.2) is 4.98 Å². The third kappa shape index (κ3) is 7.26. The number of imidazole rings is 1. The lowest BCUT2D eigenvalue weighted by Crippen LogP contribution is -2.30. The van der Waals surface area contributed by atoms with Crippen LogP contribution in [0.2, 0.25) is 0 Å². The van der Waals surface area contributed by atoms with Crippen LogP contribution in [-0.4, -0.2) is 63.6 Å². The molecule has 2 heterocycles. The van der Waals surface area contributed by atoms with Gasteiger partial charge in [0.2, 0.25) is 0 Å². The molecule has 40 heavy (non-hydrogen) atoms. The number of amides is 2. The average Bonchev–Trinajstić information content (AvgIpc) is 3.50. The molecule has 0 aliphatic carbocycles. The van der Waals surface area contributed by atoms with Gasteiger partial charge in [0.1, 0.15) is 0 Å². The Hall–Kier alpha value is -3.73. The number of amidine groups is 1. The zero-order valence-electron chi connectivity index (χ0n) is 21.8. The number of anilines is 2. The molecule has 0 aliphatic rings. The van der Waals surface area contributed by atoms with E-state index in [9.17, 15) is 9.59 Å². The normalized spacial score (nSPS) is 10.7. The second-order valence-electron chi connectivity index (χ2n) is 8.91. The fourth-order valence-electron chi connectivity index (χ4n) is 4.25. The molecule has 4 aromatic rings. The molecule has 0 atom stereocenters. The standard InChI is InChI=1S/C27H30Cl2N8O2.ClH/c1-36-16-18(33-27(39)19-4-2-3-5-22(19)37(12-9-28)13-10-29)15-23(36)25-34-20-7-6-17(14-21(20)35-25)26(38)32-11-8-24(30)31;/h2-7,14-16H,8-13H2,1H3,(H3,30,31)(H,32,38)(H,33,39)(H,34,35);1H. The Morgan fingerprint density at radius 2 is 1.82 bits per heavy atom. The molecule has 0 saturated carbocycles. The number of H-pyrrole nitrogens is 1. The lowest BCUT2D eigenvalue weighted by atomic mass is 10.1. The molecule has 2 aromatic carbocycles. The number of halogens is 3. The summed E-state index contributed by atoms with van der Waals surface area (Å²) in [5, 5.41) is 13.0. The van der Waals surface area contributed by atoms with Gasteiger partial charge in [-0.3, -0.25) is 15.0 Å². The molecular weight excluding hydrogens is 575 g/mol. The van der Waals surface area contributed by atoms with Crippen molar-refractivity contribution in [3.8, 4) is 11.5 Å². The summed E-state index contributed by atoms with van der Waals surface area (Å²) in [4.78, 5) is 35.6. The zero-order valence-corrected chi connectivity index (χ0v) is 24.2. The van der Waals surface area contributed by atoms with E-state index in [0.717, 1.165) is 11.4 Å². The zero-order chi connectivity index (χ0) is 27.9. The van der Waals surface area contributed by atoms with Gasteiger partial charge < -0.3 is 30.8 Å². The Morgan fingerprint density at radius 3 is 2.52 bits per heavy atom. The summed E-state index contributed by atoms with van der Waals surface area (Å²) in [6.45, 7) is 1.43. The summed E-state index contributed by atoms with van der Waals surface area (Å²) in [7, 11) is 1.86. The van der Waals surface area contributed by atoms with Crippen LogP contribution in [0, 0.1) is 5.41 Å². The van der Waals surface area contributed by atoms with Crippen LogP contribution >= 0.6 is 35.6 Å². The first-order valence-electron chi connectivity index (χ1n) is 12.4. The Balaban J connectivity index is 0.00000441. The van der Waals surface area contributed by atoms with Crippen LogP contribution in [0.1, 0.15) is 27.1 Å². The number of nitrogens with one attached hydrogen (secondary N) is 4. The molecule has 212 valence electrons. The van der Waals surface area contributed by atoms with Crippen molar-refractivity contribution in [1.82, 2.24) is 19.9 Å². The number of nitrogens with two attached hydrogens (primary N) is 1. The van der Waals surface area contributed by atoms with Gasteiger partial charge in [0, 0.05) is 62.3 Å². The first-order valence-corrected chi connectivity index (χ1v) is 13.4. The fraction of sp³-hybridized carbons (Fsp3) is 0.259. The van der Waals surface area contributed by atoms with Crippen molar-refractivity contribution in [3.63, 3.8) is 0 Å². The molecule has 0 unspecified atom stereocenters. The second kappa shape index (κ2) is 14.1. The molecule has 2 amide bonds. The van der Waals surface area contributed by atoms with Crippen LogP contribution in [0.15, 0.2) is 54.7 Å². The minimum atomic E-state index is -0.255. The fourth-order valence-corrected chi connectivity index (χ4v) is 4.66. The number of aryl methyl sites for hydroxylation is 1. The predicted molar refractivity (Wildman–Crippen MR) is 165 cm³/mol. The minimum Gasteiger partial charge on any atom is -0.388 e. The van der Waals surface area contributed by atoms with Crippen LogP contribution in [0.4, 0.5) is 11.4 Å². The quantitative estimate of drug-likeness (QED) is 0.0912. The molecule has 0 spiro atoms. The van der Waals surface area contributed by atoms with E-state index in [2.05, 4.69) is 20.6 Å². The smallest absolute Gasteiger partial charge is 0.257 e. The molecular formula is C27H31Cl3N8O2. The number of hydrogen-bond acceptors (Lipinski definition) is 5. The van der Waals surface area contributed by atoms with Crippen LogP contribution < -0.4 is 21.3 Å². The lowest BCUT2D eigenvalue weighted by molar-refractivity contribution is 0.0954. The van der Waals surface area contributed by atoms with Crippen LogP contribution in [0.3, 0.4) is 0 Å². The van der Waals surface area contributed by atoms with Crippen molar-refractivity contribution in [2.24, 2.45) is 12.8 Å². The Labute approximate surface area is 248 Å². The molecule has 0 aliphatic heterocycles. The Bertz CT molecular complexity index is 1490. The van der Waals surface area contributed by atoms with Gasteiger partial charge in [-0.05, 0) is 36.4 Å². The first kappa shape index (κ1) is 30.8. The van der Waals surface area contributed by atoms with E-state index in [-0.39, 0.29) is 30.1 Å². The SMILES string of the molecule is Cl.Cn1cc(NC(=O)c2ccccc2N(CCCl)CCCl)cc1-c1nc2ccc(C(=O)NCCC(=N)N)cc2[nH]1. The van der Waals surface area contributed by atoms with E-state index >= 15 is 0 Å². The van der Waals surface area contributed by atoms with E-state index in [4.69, 9.17) is 34.3 Å². The maximum absolute atomic E-state index is 13.3. The number of aromatic nitrogens is 3. The second-order valence-corrected chi connectivity index (χ2v) is 9.67. The molecule has 0 bridgehead atoms. The first-order chi connectivity index (χ1) is 18.8. The van der Waals surface area contributed by atoms with Crippen molar-refractivity contribution in [2.45, 2.75) is 6.42 Å². The van der Waals surface area contributed by atoms with Crippen molar-refractivity contribution >= 4 is 75.7 Å². The van der Waals surface area contributed by atoms with E-state index in [1.807, 2.05) is 47.0 Å². The highest BCUT2D eigenvalue weighted by Crippen LogP contribution is 2.27. The summed E-state index contributed by atoms with van der Waals surface area (Å²) in [6.07, 6.45) is 2.10. The van der Waals surface area contributed by atoms with Crippen molar-refractivity contribution in [3.05, 3.63) is 65.9 Å². The number of para-hydroxylation sites is 1. The lowest BCUT2D eigenvalue weighted by Gasteiger charge is -2.25. The summed E-state index contributed by atoms with van der Waals surface area (Å²) < 4.78 is 1.86. The summed E-state index contributed by atoms with van der Waals surface area (Å²) in [6, 6.07) is 14.4. The molecule has 13 heteroatoms. The maximum Gasteiger partial charge on any atom is 0.257 e. The minimum absolute atomic E-state index is 0. The molecule has 6 N–H and O–H groups in total. The van der Waals surface area contributed by atoms with Gasteiger partial charge in [0.05, 0.1) is 33.8 Å². The van der Waals surface area contributed by atoms with Crippen LogP contribution in [0.25, 0.3) is 22.6 Å². The largest absolute Gasteiger partial charge is 0.388 e. The summed E-state index contributed by atoms with van der Waals surface area (Å²) in [5.41, 5.74) is 9.87. The number of carbonyl (C=O) groups is 2. The van der Waals surface area contributed by atoms with Crippen molar-refractivity contribution in [1.29, 1.82) is 5.41 Å². The Morgan fingerprint density at radius 1 is 1.10 bits per heavy atom. The number of rotatable bonds is 12. The maximum atomic E-state index is 13.3. The number of hydrogen-bond donors (Lipinski definition) is 5. The highest BCUT2D eigenvalue weighted by Gasteiger charge is 2.18. The monoisotopic (exact) mass is 604 g/mol. The van der Waals surface area contributed by atoms with Gasteiger partial charge in [-0.2, -0.15) is 0 Å². The Kier molecular flexibility index (Phi) is 10.8. The van der Waals surface area contributed by atoms with E-state index in [1.165, 1.54) is 0 Å². The number of fused-ring (bicyclic) bond motifs is 1. The molecule has 0 radical (unpaired) electrons. The highest BCUT2D eigenvalue weighted by molar-refractivity contribution is 6.19. The molecule has 0 fully saturated rings. The van der Waals surface area contributed by atoms with Crippen molar-refractivity contribution < 1.29 is 9.59 Å². The van der Waals surface area contributed by atoms with E-state index in [1.54, 1.807) is 24.3 Å². The van der Waals surface area contributed by atoms with E-state index in [0.29, 0.717) is 71.5 Å². The number of benzene rings is 2. The topological polar surface area (TPSA) is 145 Å². The average molecular weight is 606 g/mol. The summed E-state index contributed by atoms with van der Waals surface area (Å²) in [5.74, 6) is 0.941. The number of aromatic amines is 1. The number of alkyl halides is 2. The predicted octanol–water partition coefficient (Wildman–Crippen LogP) is 4.58. The summed E-state index contributed by atoms with van der Waals surface area (Å²) >= 11 is 12.0. The van der Waals surface area contributed by atoms with Crippen molar-refractivity contribution in [2.75, 3.05) is 41.6 Å². The third-order valence-electron chi connectivity index (χ3n) is 6.13. The number of carbonyl (C=O) groups excluding carboxylic acids is 2. The van der Waals surface area contributed by atoms with Crippen LogP contribution in [0.5, 0.6) is 0 Å². The molecule has 10 nitrogen and oxygen atoms in total. The van der Waals surface area contributed by atoms with Gasteiger partial charge in [0.25, 0.3) is 11.8 Å². The number of nitrogens with zero attached hydrogens (tertiary/aromatic N) is 3. The molecule has 2 aromatic heterocycles. The molecule has 0 saturated heterocycles. The van der Waals surface area contributed by atoms with Gasteiger partial charge in [0.15, 0.2) is 5.82 Å². The third-order valence-corrected chi connectivity index (χ3v) is 6.47. The van der Waals surface area contributed by atoms with Crippen LogP contribution in [-0.2, 0) is 7.05 Å². The van der Waals surface area contributed by atoms with Gasteiger partial charge in [-0.15, -0.1) is 35.6 Å². The molecule has 4 rings (SSSR count). The van der Waals surface area contributed by atoms with Gasteiger partial charge >= 0.3 is 0 Å². The highest BCUT2D eigenvalue weighted by atomic mass is 35.5. The van der Waals surface area contributed by atoms with E-state index < -0.39 is 0 Å². The van der Waals surface area contributed by atoms with Gasteiger partial charge in [-0.1, -0.05) is 12.1 Å².